The maximum Gasteiger partial charge on any atom is 0.271 e. The molecule has 1 amide bonds. The lowest BCUT2D eigenvalue weighted by Crippen LogP contribution is -2.31. The summed E-state index contributed by atoms with van der Waals surface area (Å²) in [6.07, 6.45) is 1.35. The Morgan fingerprint density at radius 3 is 2.57 bits per heavy atom. The van der Waals surface area contributed by atoms with E-state index in [2.05, 4.69) is 5.32 Å². The van der Waals surface area contributed by atoms with Crippen molar-refractivity contribution in [2.45, 2.75) is 19.8 Å². The number of nitrogens with zero attached hydrogens (tertiary/aromatic N) is 2. The Labute approximate surface area is 168 Å². The van der Waals surface area contributed by atoms with Gasteiger partial charge in [0.2, 0.25) is 15.9 Å². The second-order valence-electron chi connectivity index (χ2n) is 6.22. The van der Waals surface area contributed by atoms with Gasteiger partial charge in [-0.05, 0) is 43.2 Å². The normalized spacial score (nSPS) is 11.1. The summed E-state index contributed by atoms with van der Waals surface area (Å²) in [5, 5.41) is 14.3. The van der Waals surface area contributed by atoms with Gasteiger partial charge in [0.1, 0.15) is 0 Å². The Kier molecular flexibility index (Phi) is 6.98. The maximum absolute atomic E-state index is 12.2. The Hall–Kier alpha value is -2.65. The van der Waals surface area contributed by atoms with Gasteiger partial charge in [0, 0.05) is 35.8 Å². The molecule has 0 saturated carbocycles. The predicted molar refractivity (Wildman–Crippen MR) is 109 cm³/mol. The summed E-state index contributed by atoms with van der Waals surface area (Å²) in [4.78, 5) is 22.5. The zero-order chi connectivity index (χ0) is 20.9. The zero-order valence-electron chi connectivity index (χ0n) is 15.4. The number of hydrogen-bond acceptors (Lipinski definition) is 5. The third kappa shape index (κ3) is 5.93. The molecule has 0 radical (unpaired) electrons. The van der Waals surface area contributed by atoms with Crippen LogP contribution in [0.1, 0.15) is 18.4 Å². The van der Waals surface area contributed by atoms with E-state index < -0.39 is 14.9 Å². The molecule has 0 aliphatic rings. The van der Waals surface area contributed by atoms with Gasteiger partial charge in [-0.15, -0.1) is 0 Å². The summed E-state index contributed by atoms with van der Waals surface area (Å²) in [5.41, 5.74) is 1.43. The third-order valence-electron chi connectivity index (χ3n) is 3.96. The van der Waals surface area contributed by atoms with E-state index in [0.717, 1.165) is 16.1 Å². The van der Waals surface area contributed by atoms with Crippen molar-refractivity contribution in [2.24, 2.45) is 0 Å². The van der Waals surface area contributed by atoms with E-state index in [0.29, 0.717) is 10.7 Å². The van der Waals surface area contributed by atoms with E-state index in [1.54, 1.807) is 18.2 Å². The lowest BCUT2D eigenvalue weighted by Gasteiger charge is -2.22. The molecule has 0 heterocycles. The maximum atomic E-state index is 12.2. The van der Waals surface area contributed by atoms with Crippen LogP contribution in [0.15, 0.2) is 42.5 Å². The number of nitrogens with one attached hydrogen (secondary N) is 1. The standard InChI is InChI=1S/C18H20ClN3O5S/c1-13-11-14(19)8-9-17(13)20-18(23)7-4-10-21(28(2,26)27)15-5-3-6-16(12-15)22(24)25/h3,5-6,8-9,11-12H,4,7,10H2,1-2H3,(H,20,23). The second-order valence-corrected chi connectivity index (χ2v) is 8.57. The number of nitro groups is 1. The third-order valence-corrected chi connectivity index (χ3v) is 5.39. The van der Waals surface area contributed by atoms with Crippen molar-refractivity contribution < 1.29 is 18.1 Å². The Balaban J connectivity index is 2.03. The van der Waals surface area contributed by atoms with Crippen LogP contribution in [0.3, 0.4) is 0 Å². The van der Waals surface area contributed by atoms with Crippen molar-refractivity contribution >= 4 is 44.6 Å². The lowest BCUT2D eigenvalue weighted by molar-refractivity contribution is -0.384. The second kappa shape index (κ2) is 9.03. The SMILES string of the molecule is Cc1cc(Cl)ccc1NC(=O)CCCN(c1cccc([N+](=O)[O-])c1)S(C)(=O)=O. The van der Waals surface area contributed by atoms with E-state index in [4.69, 9.17) is 11.6 Å². The first-order valence-electron chi connectivity index (χ1n) is 8.36. The molecule has 150 valence electrons. The number of anilines is 2. The van der Waals surface area contributed by atoms with Gasteiger partial charge < -0.3 is 5.32 Å². The van der Waals surface area contributed by atoms with E-state index in [9.17, 15) is 23.3 Å². The fourth-order valence-corrected chi connectivity index (χ4v) is 3.80. The van der Waals surface area contributed by atoms with Gasteiger partial charge in [0.25, 0.3) is 5.69 Å². The first kappa shape index (κ1) is 21.6. The number of nitro benzene ring substituents is 1. The van der Waals surface area contributed by atoms with Crippen molar-refractivity contribution in [1.82, 2.24) is 0 Å². The molecule has 0 atom stereocenters. The van der Waals surface area contributed by atoms with E-state index in [1.807, 2.05) is 6.92 Å². The minimum absolute atomic E-state index is 0.0209. The van der Waals surface area contributed by atoms with Gasteiger partial charge in [0.05, 0.1) is 16.9 Å². The molecule has 0 unspecified atom stereocenters. The van der Waals surface area contributed by atoms with E-state index in [1.165, 1.54) is 24.3 Å². The average molecular weight is 426 g/mol. The van der Waals surface area contributed by atoms with Crippen LogP contribution < -0.4 is 9.62 Å². The molecule has 0 aliphatic carbocycles. The number of sulfonamides is 1. The van der Waals surface area contributed by atoms with Crippen molar-refractivity contribution in [3.8, 4) is 0 Å². The molecule has 0 fully saturated rings. The summed E-state index contributed by atoms with van der Waals surface area (Å²) in [6, 6.07) is 10.5. The highest BCUT2D eigenvalue weighted by atomic mass is 35.5. The van der Waals surface area contributed by atoms with Gasteiger partial charge >= 0.3 is 0 Å². The summed E-state index contributed by atoms with van der Waals surface area (Å²) < 4.78 is 25.3. The molecule has 10 heteroatoms. The molecule has 0 spiro atoms. The zero-order valence-corrected chi connectivity index (χ0v) is 17.0. The smallest absolute Gasteiger partial charge is 0.271 e. The summed E-state index contributed by atoms with van der Waals surface area (Å²) in [6.45, 7) is 1.84. The van der Waals surface area contributed by atoms with Gasteiger partial charge in [0.15, 0.2) is 0 Å². The Morgan fingerprint density at radius 1 is 1.25 bits per heavy atom. The van der Waals surface area contributed by atoms with E-state index in [-0.39, 0.29) is 36.7 Å². The highest BCUT2D eigenvalue weighted by molar-refractivity contribution is 7.92. The number of aryl methyl sites for hydroxylation is 1. The number of carbonyl (C=O) groups is 1. The van der Waals surface area contributed by atoms with Crippen molar-refractivity contribution in [1.29, 1.82) is 0 Å². The first-order valence-corrected chi connectivity index (χ1v) is 10.6. The molecule has 8 nitrogen and oxygen atoms in total. The van der Waals surface area contributed by atoms with Crippen LogP contribution in [0.5, 0.6) is 0 Å². The van der Waals surface area contributed by atoms with E-state index >= 15 is 0 Å². The van der Waals surface area contributed by atoms with Crippen LogP contribution in [0.25, 0.3) is 0 Å². The van der Waals surface area contributed by atoms with Crippen LogP contribution in [0.2, 0.25) is 5.02 Å². The largest absolute Gasteiger partial charge is 0.326 e. The fraction of sp³-hybridized carbons (Fsp3) is 0.278. The fourth-order valence-electron chi connectivity index (χ4n) is 2.61. The quantitative estimate of drug-likeness (QED) is 0.511. The Morgan fingerprint density at radius 2 is 1.96 bits per heavy atom. The summed E-state index contributed by atoms with van der Waals surface area (Å²) in [7, 11) is -3.66. The number of carbonyl (C=O) groups excluding carboxylic acids is 1. The number of hydrogen-bond donors (Lipinski definition) is 1. The van der Waals surface area contributed by atoms with Crippen molar-refractivity contribution in [2.75, 3.05) is 22.4 Å². The highest BCUT2D eigenvalue weighted by Crippen LogP contribution is 2.24. The predicted octanol–water partition coefficient (Wildman–Crippen LogP) is 3.74. The number of benzene rings is 2. The molecular formula is C18H20ClN3O5S. The molecule has 0 aromatic heterocycles. The summed E-state index contributed by atoms with van der Waals surface area (Å²) >= 11 is 5.89. The number of amides is 1. The van der Waals surface area contributed by atoms with Crippen LogP contribution in [0, 0.1) is 17.0 Å². The lowest BCUT2D eigenvalue weighted by atomic mass is 10.2. The minimum atomic E-state index is -3.66. The van der Waals surface area contributed by atoms with Gasteiger partial charge in [-0.25, -0.2) is 8.42 Å². The molecule has 2 rings (SSSR count). The topological polar surface area (TPSA) is 110 Å². The molecule has 0 aliphatic heterocycles. The molecule has 2 aromatic carbocycles. The molecule has 1 N–H and O–H groups in total. The minimum Gasteiger partial charge on any atom is -0.326 e. The number of non-ortho nitro benzene ring substituents is 1. The molecule has 0 bridgehead atoms. The van der Waals surface area contributed by atoms with Crippen molar-refractivity contribution in [3.63, 3.8) is 0 Å². The van der Waals surface area contributed by atoms with Gasteiger partial charge in [-0.2, -0.15) is 0 Å². The van der Waals surface area contributed by atoms with Gasteiger partial charge in [-0.3, -0.25) is 19.2 Å². The van der Waals surface area contributed by atoms with Crippen LogP contribution in [0.4, 0.5) is 17.1 Å². The first-order chi connectivity index (χ1) is 13.1. The average Bonchev–Trinajstić information content (AvgIpc) is 2.60. The van der Waals surface area contributed by atoms with Crippen LogP contribution in [-0.4, -0.2) is 32.0 Å². The molecule has 28 heavy (non-hydrogen) atoms. The summed E-state index contributed by atoms with van der Waals surface area (Å²) in [5.74, 6) is -0.266. The van der Waals surface area contributed by atoms with Crippen LogP contribution in [-0.2, 0) is 14.8 Å². The number of halogens is 1. The van der Waals surface area contributed by atoms with Crippen LogP contribution >= 0.6 is 11.6 Å². The highest BCUT2D eigenvalue weighted by Gasteiger charge is 2.20. The van der Waals surface area contributed by atoms with Crippen molar-refractivity contribution in [3.05, 3.63) is 63.2 Å². The molecular weight excluding hydrogens is 406 g/mol. The number of rotatable bonds is 8. The molecule has 0 saturated heterocycles. The van der Waals surface area contributed by atoms with Gasteiger partial charge in [-0.1, -0.05) is 17.7 Å². The Bertz CT molecular complexity index is 994. The monoisotopic (exact) mass is 425 g/mol. The molecule has 2 aromatic rings.